The Kier molecular flexibility index (Phi) is 3.09. The van der Waals surface area contributed by atoms with Gasteiger partial charge in [-0.1, -0.05) is 0 Å². The van der Waals surface area contributed by atoms with Crippen molar-refractivity contribution < 1.29 is 18.3 Å². The fraction of sp³-hybridized carbons (Fsp3) is 0. The number of ether oxygens (including phenoxy) is 1. The average molecular weight is 235 g/mol. The normalized spacial score (nSPS) is 10.0. The topological polar surface area (TPSA) is 39.2 Å². The molecule has 3 nitrogen and oxygen atoms in total. The number of nitrogens with zero attached hydrogens (tertiary/aromatic N) is 1. The molecule has 0 aliphatic carbocycles. The monoisotopic (exact) mass is 235 g/mol. The number of benzene rings is 1. The van der Waals surface area contributed by atoms with E-state index in [9.17, 15) is 13.6 Å². The van der Waals surface area contributed by atoms with Gasteiger partial charge in [0.25, 0.3) is 0 Å². The van der Waals surface area contributed by atoms with Crippen LogP contribution in [0.4, 0.5) is 8.78 Å². The molecule has 2 aromatic rings. The molecule has 0 aliphatic heterocycles. The van der Waals surface area contributed by atoms with E-state index in [1.165, 1.54) is 18.5 Å². The van der Waals surface area contributed by atoms with Crippen molar-refractivity contribution in [3.63, 3.8) is 0 Å². The molecule has 0 saturated heterocycles. The Morgan fingerprint density at radius 3 is 2.47 bits per heavy atom. The zero-order chi connectivity index (χ0) is 12.3. The summed E-state index contributed by atoms with van der Waals surface area (Å²) in [5.41, 5.74) is 0.206. The van der Waals surface area contributed by atoms with E-state index in [1.807, 2.05) is 0 Å². The molecule has 0 atom stereocenters. The molecule has 0 N–H and O–H groups in total. The van der Waals surface area contributed by atoms with Crippen LogP contribution in [-0.4, -0.2) is 11.0 Å². The number of carbonyl (C=O) groups excluding carboxylic acids is 1. The molecule has 2 rings (SSSR count). The van der Waals surface area contributed by atoms with Gasteiger partial charge in [0.2, 0.25) is 0 Å². The molecule has 1 heterocycles. The fourth-order valence-corrected chi connectivity index (χ4v) is 1.24. The molecule has 17 heavy (non-hydrogen) atoms. The highest BCUT2D eigenvalue weighted by Gasteiger charge is 2.10. The molecule has 5 heteroatoms. The van der Waals surface area contributed by atoms with Gasteiger partial charge in [-0.05, 0) is 12.1 Å². The Morgan fingerprint density at radius 2 is 1.88 bits per heavy atom. The zero-order valence-electron chi connectivity index (χ0n) is 8.56. The van der Waals surface area contributed by atoms with E-state index >= 15 is 0 Å². The van der Waals surface area contributed by atoms with E-state index < -0.39 is 17.6 Å². The minimum Gasteiger partial charge on any atom is -0.423 e. The summed E-state index contributed by atoms with van der Waals surface area (Å²) in [5, 5.41) is 0. The van der Waals surface area contributed by atoms with E-state index in [0.717, 1.165) is 12.1 Å². The molecule has 0 radical (unpaired) electrons. The second kappa shape index (κ2) is 4.69. The second-order valence-electron chi connectivity index (χ2n) is 3.24. The van der Waals surface area contributed by atoms with Gasteiger partial charge >= 0.3 is 5.97 Å². The van der Waals surface area contributed by atoms with Crippen LogP contribution in [0.15, 0.2) is 42.7 Å². The summed E-state index contributed by atoms with van der Waals surface area (Å²) in [6.07, 6.45) is 2.80. The van der Waals surface area contributed by atoms with Crippen molar-refractivity contribution in [2.24, 2.45) is 0 Å². The number of pyridine rings is 1. The van der Waals surface area contributed by atoms with Gasteiger partial charge in [0.05, 0.1) is 5.56 Å². The SMILES string of the molecule is O=C(Oc1cc(F)cc(F)c1)c1cccnc1. The summed E-state index contributed by atoms with van der Waals surface area (Å²) in [6, 6.07) is 5.60. The maximum atomic E-state index is 12.8. The third-order valence-electron chi connectivity index (χ3n) is 1.94. The minimum absolute atomic E-state index is 0.184. The smallest absolute Gasteiger partial charge is 0.345 e. The first kappa shape index (κ1) is 11.2. The molecule has 0 bridgehead atoms. The first-order valence-electron chi connectivity index (χ1n) is 4.73. The Hall–Kier alpha value is -2.30. The van der Waals surface area contributed by atoms with Crippen molar-refractivity contribution >= 4 is 5.97 Å². The van der Waals surface area contributed by atoms with Crippen LogP contribution in [-0.2, 0) is 0 Å². The second-order valence-corrected chi connectivity index (χ2v) is 3.24. The molecule has 0 fully saturated rings. The van der Waals surface area contributed by atoms with Gasteiger partial charge in [-0.2, -0.15) is 0 Å². The molecule has 1 aromatic carbocycles. The highest BCUT2D eigenvalue weighted by atomic mass is 19.1. The first-order chi connectivity index (χ1) is 8.15. The third kappa shape index (κ3) is 2.84. The summed E-state index contributed by atoms with van der Waals surface area (Å²) in [4.78, 5) is 15.3. The highest BCUT2D eigenvalue weighted by Crippen LogP contribution is 2.16. The maximum Gasteiger partial charge on any atom is 0.345 e. The summed E-state index contributed by atoms with van der Waals surface area (Å²) >= 11 is 0. The van der Waals surface area contributed by atoms with Crippen molar-refractivity contribution in [1.82, 2.24) is 4.98 Å². The largest absolute Gasteiger partial charge is 0.423 e. The highest BCUT2D eigenvalue weighted by molar-refractivity contribution is 5.90. The number of hydrogen-bond acceptors (Lipinski definition) is 3. The van der Waals surface area contributed by atoms with Crippen molar-refractivity contribution in [2.45, 2.75) is 0 Å². The number of halogens is 2. The van der Waals surface area contributed by atoms with Crippen molar-refractivity contribution in [1.29, 1.82) is 0 Å². The summed E-state index contributed by atoms with van der Waals surface area (Å²) in [5.74, 6) is -2.52. The summed E-state index contributed by atoms with van der Waals surface area (Å²) in [6.45, 7) is 0. The number of esters is 1. The van der Waals surface area contributed by atoms with Crippen LogP contribution in [0.2, 0.25) is 0 Å². The van der Waals surface area contributed by atoms with Gasteiger partial charge in [-0.3, -0.25) is 4.98 Å². The third-order valence-corrected chi connectivity index (χ3v) is 1.94. The lowest BCUT2D eigenvalue weighted by Crippen LogP contribution is -2.08. The number of carbonyl (C=O) groups is 1. The van der Waals surface area contributed by atoms with Crippen molar-refractivity contribution in [3.05, 3.63) is 59.9 Å². The quantitative estimate of drug-likeness (QED) is 0.593. The lowest BCUT2D eigenvalue weighted by atomic mass is 10.3. The predicted molar refractivity (Wildman–Crippen MR) is 55.6 cm³/mol. The number of hydrogen-bond donors (Lipinski definition) is 0. The van der Waals surface area contributed by atoms with E-state index in [4.69, 9.17) is 4.74 Å². The Balaban J connectivity index is 2.19. The fourth-order valence-electron chi connectivity index (χ4n) is 1.24. The molecule has 0 unspecified atom stereocenters. The minimum atomic E-state index is -0.806. The van der Waals surface area contributed by atoms with Crippen LogP contribution >= 0.6 is 0 Å². The van der Waals surface area contributed by atoms with Crippen LogP contribution in [0.5, 0.6) is 5.75 Å². The molecule has 86 valence electrons. The lowest BCUT2D eigenvalue weighted by Gasteiger charge is -2.04. The standard InChI is InChI=1S/C12H7F2NO2/c13-9-4-10(14)6-11(5-9)17-12(16)8-2-1-3-15-7-8/h1-7H. The lowest BCUT2D eigenvalue weighted by molar-refractivity contribution is 0.0733. The van der Waals surface area contributed by atoms with Crippen LogP contribution < -0.4 is 4.74 Å². The number of aromatic nitrogens is 1. The Labute approximate surface area is 95.7 Å². The van der Waals surface area contributed by atoms with Gasteiger partial charge in [-0.15, -0.1) is 0 Å². The maximum absolute atomic E-state index is 12.8. The van der Waals surface area contributed by atoms with E-state index in [0.29, 0.717) is 6.07 Å². The van der Waals surface area contributed by atoms with Gasteiger partial charge in [-0.25, -0.2) is 13.6 Å². The average Bonchev–Trinajstić information content (AvgIpc) is 2.28. The van der Waals surface area contributed by atoms with E-state index in [2.05, 4.69) is 4.98 Å². The van der Waals surface area contributed by atoms with Crippen LogP contribution in [0.1, 0.15) is 10.4 Å². The molecule has 0 amide bonds. The molecular formula is C12H7F2NO2. The van der Waals surface area contributed by atoms with Gasteiger partial charge in [0.15, 0.2) is 0 Å². The summed E-state index contributed by atoms with van der Waals surface area (Å²) < 4.78 is 30.5. The predicted octanol–water partition coefficient (Wildman–Crippen LogP) is 2.58. The van der Waals surface area contributed by atoms with Crippen LogP contribution in [0, 0.1) is 11.6 Å². The van der Waals surface area contributed by atoms with E-state index in [1.54, 1.807) is 6.07 Å². The van der Waals surface area contributed by atoms with Gasteiger partial charge in [0, 0.05) is 30.6 Å². The van der Waals surface area contributed by atoms with Crippen molar-refractivity contribution in [2.75, 3.05) is 0 Å². The molecule has 0 spiro atoms. The molecule has 1 aromatic heterocycles. The van der Waals surface area contributed by atoms with Gasteiger partial charge < -0.3 is 4.74 Å². The van der Waals surface area contributed by atoms with Gasteiger partial charge in [0.1, 0.15) is 17.4 Å². The van der Waals surface area contributed by atoms with E-state index in [-0.39, 0.29) is 11.3 Å². The summed E-state index contributed by atoms with van der Waals surface area (Å²) in [7, 11) is 0. The first-order valence-corrected chi connectivity index (χ1v) is 4.73. The molecular weight excluding hydrogens is 228 g/mol. The Morgan fingerprint density at radius 1 is 1.18 bits per heavy atom. The van der Waals surface area contributed by atoms with Crippen LogP contribution in [0.25, 0.3) is 0 Å². The Bertz CT molecular complexity index is 523. The van der Waals surface area contributed by atoms with Crippen LogP contribution in [0.3, 0.4) is 0 Å². The zero-order valence-corrected chi connectivity index (χ0v) is 8.56. The van der Waals surface area contributed by atoms with Crippen molar-refractivity contribution in [3.8, 4) is 5.75 Å². The molecule has 0 aliphatic rings. The molecule has 0 saturated carbocycles. The number of rotatable bonds is 2.